The predicted octanol–water partition coefficient (Wildman–Crippen LogP) is 3.22. The van der Waals surface area contributed by atoms with E-state index in [-0.39, 0.29) is 12.4 Å². The number of hydrogen-bond acceptors (Lipinski definition) is 2. The zero-order chi connectivity index (χ0) is 10.8. The molecule has 1 heterocycles. The maximum Gasteiger partial charge on any atom is 0.390 e. The maximum atomic E-state index is 12.0. The van der Waals surface area contributed by atoms with Gasteiger partial charge in [-0.05, 0) is 27.6 Å². The molecular formula is C8H9BrClF3N2. The van der Waals surface area contributed by atoms with Crippen LogP contribution in [0.4, 0.5) is 13.2 Å². The molecule has 2 N–H and O–H groups in total. The minimum Gasteiger partial charge on any atom is -0.324 e. The van der Waals surface area contributed by atoms with E-state index in [9.17, 15) is 13.2 Å². The highest BCUT2D eigenvalue weighted by atomic mass is 79.9. The first-order valence-electron chi connectivity index (χ1n) is 3.82. The van der Waals surface area contributed by atoms with Crippen molar-refractivity contribution in [2.45, 2.75) is 18.6 Å². The summed E-state index contributed by atoms with van der Waals surface area (Å²) in [5, 5.41) is 0. The second kappa shape index (κ2) is 5.67. The van der Waals surface area contributed by atoms with Gasteiger partial charge < -0.3 is 5.73 Å². The summed E-state index contributed by atoms with van der Waals surface area (Å²) < 4.78 is 36.5. The van der Waals surface area contributed by atoms with Crippen molar-refractivity contribution in [2.24, 2.45) is 5.73 Å². The van der Waals surface area contributed by atoms with Crippen molar-refractivity contribution < 1.29 is 13.2 Å². The van der Waals surface area contributed by atoms with Crippen LogP contribution in [-0.4, -0.2) is 11.2 Å². The molecule has 7 heteroatoms. The molecule has 0 aromatic carbocycles. The largest absolute Gasteiger partial charge is 0.390 e. The average molecular weight is 306 g/mol. The van der Waals surface area contributed by atoms with Gasteiger partial charge in [-0.15, -0.1) is 12.4 Å². The maximum absolute atomic E-state index is 12.0. The average Bonchev–Trinajstić information content (AvgIpc) is 2.02. The van der Waals surface area contributed by atoms with Gasteiger partial charge in [-0.3, -0.25) is 0 Å². The number of halogens is 5. The first-order chi connectivity index (χ1) is 6.38. The third-order valence-corrected chi connectivity index (χ3v) is 2.10. The minimum atomic E-state index is -4.24. The molecule has 0 saturated carbocycles. The Morgan fingerprint density at radius 1 is 1.40 bits per heavy atom. The molecule has 0 unspecified atom stereocenters. The Hall–Kier alpha value is -0.330. The Morgan fingerprint density at radius 2 is 2.00 bits per heavy atom. The molecule has 0 aliphatic carbocycles. The third kappa shape index (κ3) is 5.34. The number of alkyl halides is 3. The third-order valence-electron chi connectivity index (χ3n) is 1.63. The molecule has 0 spiro atoms. The SMILES string of the molecule is Cl.N[C@H](CC(F)(F)F)c1ccc(Br)nc1. The second-order valence-corrected chi connectivity index (χ2v) is 3.65. The van der Waals surface area contributed by atoms with E-state index in [2.05, 4.69) is 20.9 Å². The van der Waals surface area contributed by atoms with Crippen LogP contribution in [0.3, 0.4) is 0 Å². The summed E-state index contributed by atoms with van der Waals surface area (Å²) in [5.74, 6) is 0. The summed E-state index contributed by atoms with van der Waals surface area (Å²) in [7, 11) is 0. The lowest BCUT2D eigenvalue weighted by Gasteiger charge is -2.13. The molecule has 0 bridgehead atoms. The molecular weight excluding hydrogens is 296 g/mol. The van der Waals surface area contributed by atoms with Gasteiger partial charge in [0.1, 0.15) is 4.60 Å². The molecule has 1 aromatic heterocycles. The topological polar surface area (TPSA) is 38.9 Å². The van der Waals surface area contributed by atoms with Crippen LogP contribution in [0.15, 0.2) is 22.9 Å². The van der Waals surface area contributed by atoms with Crippen LogP contribution in [-0.2, 0) is 0 Å². The monoisotopic (exact) mass is 304 g/mol. The molecule has 0 aliphatic rings. The van der Waals surface area contributed by atoms with Crippen LogP contribution >= 0.6 is 28.3 Å². The van der Waals surface area contributed by atoms with Gasteiger partial charge in [0.25, 0.3) is 0 Å². The number of pyridine rings is 1. The van der Waals surface area contributed by atoms with Gasteiger partial charge in [0.2, 0.25) is 0 Å². The van der Waals surface area contributed by atoms with Crippen LogP contribution in [0.5, 0.6) is 0 Å². The van der Waals surface area contributed by atoms with Gasteiger partial charge in [-0.25, -0.2) is 4.98 Å². The lowest BCUT2D eigenvalue weighted by atomic mass is 10.1. The van der Waals surface area contributed by atoms with Crippen molar-refractivity contribution in [3.8, 4) is 0 Å². The quantitative estimate of drug-likeness (QED) is 0.852. The standard InChI is InChI=1S/C8H8BrF3N2.ClH/c9-7-2-1-5(4-14-7)6(13)3-8(10,11)12;/h1-2,4,6H,3,13H2;1H/t6-;/m1./s1. The second-order valence-electron chi connectivity index (χ2n) is 2.84. The summed E-state index contributed by atoms with van der Waals surface area (Å²) in [4.78, 5) is 3.80. The fourth-order valence-corrected chi connectivity index (χ4v) is 1.21. The fourth-order valence-electron chi connectivity index (χ4n) is 0.974. The fraction of sp³-hybridized carbons (Fsp3) is 0.375. The van der Waals surface area contributed by atoms with Crippen molar-refractivity contribution in [1.82, 2.24) is 4.98 Å². The molecule has 0 amide bonds. The Kier molecular flexibility index (Phi) is 5.55. The molecule has 86 valence electrons. The van der Waals surface area contributed by atoms with E-state index < -0.39 is 18.6 Å². The normalized spacial score (nSPS) is 13.1. The van der Waals surface area contributed by atoms with Gasteiger partial charge in [-0.2, -0.15) is 13.2 Å². The van der Waals surface area contributed by atoms with E-state index in [0.29, 0.717) is 10.2 Å². The smallest absolute Gasteiger partial charge is 0.324 e. The molecule has 1 atom stereocenters. The summed E-state index contributed by atoms with van der Waals surface area (Å²) in [6.45, 7) is 0. The van der Waals surface area contributed by atoms with E-state index in [1.54, 1.807) is 6.07 Å². The Bertz CT molecular complexity index is 302. The van der Waals surface area contributed by atoms with E-state index in [0.717, 1.165) is 0 Å². The van der Waals surface area contributed by atoms with Gasteiger partial charge in [0.05, 0.1) is 6.42 Å². The van der Waals surface area contributed by atoms with Gasteiger partial charge >= 0.3 is 6.18 Å². The highest BCUT2D eigenvalue weighted by Gasteiger charge is 2.30. The molecule has 2 nitrogen and oxygen atoms in total. The van der Waals surface area contributed by atoms with Crippen molar-refractivity contribution in [3.05, 3.63) is 28.5 Å². The zero-order valence-corrected chi connectivity index (χ0v) is 9.86. The van der Waals surface area contributed by atoms with Crippen molar-refractivity contribution in [1.29, 1.82) is 0 Å². The Morgan fingerprint density at radius 3 is 2.40 bits per heavy atom. The molecule has 1 aromatic rings. The van der Waals surface area contributed by atoms with E-state index in [1.807, 2.05) is 0 Å². The van der Waals surface area contributed by atoms with Crippen LogP contribution < -0.4 is 5.73 Å². The first kappa shape index (κ1) is 14.7. The summed E-state index contributed by atoms with van der Waals surface area (Å²) in [5.41, 5.74) is 5.74. The number of rotatable bonds is 2. The molecule has 0 fully saturated rings. The summed E-state index contributed by atoms with van der Waals surface area (Å²) >= 11 is 3.08. The minimum absolute atomic E-state index is 0. The Labute approximate surface area is 99.6 Å². The molecule has 0 saturated heterocycles. The molecule has 1 rings (SSSR count). The van der Waals surface area contributed by atoms with Crippen LogP contribution in [0, 0.1) is 0 Å². The first-order valence-corrected chi connectivity index (χ1v) is 4.61. The highest BCUT2D eigenvalue weighted by Crippen LogP contribution is 2.27. The van der Waals surface area contributed by atoms with Gasteiger partial charge in [0, 0.05) is 12.2 Å². The van der Waals surface area contributed by atoms with E-state index in [1.165, 1.54) is 12.3 Å². The lowest BCUT2D eigenvalue weighted by molar-refractivity contribution is -0.138. The van der Waals surface area contributed by atoms with Crippen LogP contribution in [0.25, 0.3) is 0 Å². The summed E-state index contributed by atoms with van der Waals surface area (Å²) in [6, 6.07) is 2.04. The van der Waals surface area contributed by atoms with Crippen molar-refractivity contribution >= 4 is 28.3 Å². The zero-order valence-electron chi connectivity index (χ0n) is 7.46. The van der Waals surface area contributed by atoms with E-state index >= 15 is 0 Å². The number of aromatic nitrogens is 1. The molecule has 0 radical (unpaired) electrons. The highest BCUT2D eigenvalue weighted by molar-refractivity contribution is 9.10. The van der Waals surface area contributed by atoms with Crippen molar-refractivity contribution in [2.75, 3.05) is 0 Å². The Balaban J connectivity index is 0.00000196. The van der Waals surface area contributed by atoms with Crippen LogP contribution in [0.2, 0.25) is 0 Å². The predicted molar refractivity (Wildman–Crippen MR) is 56.8 cm³/mol. The number of hydrogen-bond donors (Lipinski definition) is 1. The number of nitrogens with two attached hydrogens (primary N) is 1. The summed E-state index contributed by atoms with van der Waals surface area (Å²) in [6.07, 6.45) is -3.94. The van der Waals surface area contributed by atoms with Crippen molar-refractivity contribution in [3.63, 3.8) is 0 Å². The van der Waals surface area contributed by atoms with Gasteiger partial charge in [0.15, 0.2) is 0 Å². The lowest BCUT2D eigenvalue weighted by Crippen LogP contribution is -2.20. The van der Waals surface area contributed by atoms with E-state index in [4.69, 9.17) is 5.73 Å². The van der Waals surface area contributed by atoms with Gasteiger partial charge in [-0.1, -0.05) is 6.07 Å². The molecule has 0 aliphatic heterocycles. The molecule has 15 heavy (non-hydrogen) atoms. The number of nitrogens with zero attached hydrogens (tertiary/aromatic N) is 1. The van der Waals surface area contributed by atoms with Crippen LogP contribution in [0.1, 0.15) is 18.0 Å².